The van der Waals surface area contributed by atoms with E-state index in [1.165, 1.54) is 51.1 Å². The molecule has 16 heavy (non-hydrogen) atoms. The molecule has 0 saturated carbocycles. The Labute approximate surface area is 106 Å². The summed E-state index contributed by atoms with van der Waals surface area (Å²) in [6.45, 7) is 8.32. The van der Waals surface area contributed by atoms with Crippen LogP contribution in [0.15, 0.2) is 0 Å². The minimum atomic E-state index is 0.736. The number of hydrogen-bond donors (Lipinski definition) is 1. The first-order chi connectivity index (χ1) is 7.81. The number of rotatable bonds is 7. The fourth-order valence-corrected chi connectivity index (χ4v) is 2.99. The Hall–Kier alpha value is 0.270. The van der Waals surface area contributed by atoms with E-state index in [1.807, 2.05) is 11.8 Å². The molecule has 0 aromatic heterocycles. The van der Waals surface area contributed by atoms with E-state index in [0.29, 0.717) is 0 Å². The number of hydrogen-bond acceptors (Lipinski definition) is 3. The van der Waals surface area contributed by atoms with Crippen molar-refractivity contribution in [1.82, 2.24) is 10.2 Å². The van der Waals surface area contributed by atoms with E-state index in [1.54, 1.807) is 0 Å². The average molecular weight is 244 g/mol. The molecule has 1 rings (SSSR count). The highest BCUT2D eigenvalue weighted by molar-refractivity contribution is 7.98. The first-order valence-electron chi connectivity index (χ1n) is 6.78. The van der Waals surface area contributed by atoms with Crippen molar-refractivity contribution in [2.24, 2.45) is 0 Å². The van der Waals surface area contributed by atoms with Gasteiger partial charge in [-0.15, -0.1) is 0 Å². The lowest BCUT2D eigenvalue weighted by molar-refractivity contribution is 0.127. The summed E-state index contributed by atoms with van der Waals surface area (Å²) in [5.41, 5.74) is 0. The topological polar surface area (TPSA) is 15.3 Å². The van der Waals surface area contributed by atoms with Gasteiger partial charge in [-0.2, -0.15) is 11.8 Å². The molecule has 1 fully saturated rings. The van der Waals surface area contributed by atoms with Crippen LogP contribution in [0.4, 0.5) is 0 Å². The molecule has 3 heteroatoms. The fraction of sp³-hybridized carbons (Fsp3) is 1.00. The van der Waals surface area contributed by atoms with E-state index in [2.05, 4.69) is 30.3 Å². The van der Waals surface area contributed by atoms with Crippen LogP contribution in [0.1, 0.15) is 39.5 Å². The smallest absolute Gasteiger partial charge is 0.0221 e. The lowest BCUT2D eigenvalue weighted by atomic mass is 10.0. The number of nitrogens with zero attached hydrogens (tertiary/aromatic N) is 1. The van der Waals surface area contributed by atoms with E-state index in [9.17, 15) is 0 Å². The van der Waals surface area contributed by atoms with Crippen molar-refractivity contribution in [2.45, 2.75) is 51.6 Å². The van der Waals surface area contributed by atoms with Gasteiger partial charge >= 0.3 is 0 Å². The highest BCUT2D eigenvalue weighted by atomic mass is 32.2. The maximum absolute atomic E-state index is 3.71. The zero-order valence-electron chi connectivity index (χ0n) is 11.2. The molecule has 2 nitrogen and oxygen atoms in total. The van der Waals surface area contributed by atoms with Crippen molar-refractivity contribution in [1.29, 1.82) is 0 Å². The molecule has 1 aliphatic heterocycles. The predicted molar refractivity (Wildman–Crippen MR) is 75.3 cm³/mol. The number of piperazine rings is 1. The largest absolute Gasteiger partial charge is 0.311 e. The molecule has 0 spiro atoms. The summed E-state index contributed by atoms with van der Waals surface area (Å²) in [6.07, 6.45) is 7.49. The van der Waals surface area contributed by atoms with Gasteiger partial charge in [0.2, 0.25) is 0 Å². The van der Waals surface area contributed by atoms with E-state index in [4.69, 9.17) is 0 Å². The van der Waals surface area contributed by atoms with Crippen LogP contribution in [0.5, 0.6) is 0 Å². The van der Waals surface area contributed by atoms with Gasteiger partial charge in [-0.3, -0.25) is 4.90 Å². The normalized spacial score (nSPS) is 27.2. The standard InChI is InChI=1S/C13H28N2S/c1-4-6-12-11-15(8-9-16-3)13(7-5-2)10-14-12/h12-14H,4-11H2,1-3H3. The molecule has 0 bridgehead atoms. The molecular weight excluding hydrogens is 216 g/mol. The minimum Gasteiger partial charge on any atom is -0.311 e. The Morgan fingerprint density at radius 2 is 2.00 bits per heavy atom. The predicted octanol–water partition coefficient (Wildman–Crippen LogP) is 2.59. The minimum absolute atomic E-state index is 0.736. The van der Waals surface area contributed by atoms with Gasteiger partial charge in [0.25, 0.3) is 0 Å². The summed E-state index contributed by atoms with van der Waals surface area (Å²) in [5, 5.41) is 3.71. The van der Waals surface area contributed by atoms with Crippen molar-refractivity contribution in [2.75, 3.05) is 31.6 Å². The van der Waals surface area contributed by atoms with Crippen LogP contribution in [0.25, 0.3) is 0 Å². The second-order valence-electron chi connectivity index (χ2n) is 4.82. The molecule has 1 saturated heterocycles. The monoisotopic (exact) mass is 244 g/mol. The second kappa shape index (κ2) is 8.37. The van der Waals surface area contributed by atoms with Crippen molar-refractivity contribution in [3.05, 3.63) is 0 Å². The van der Waals surface area contributed by atoms with Crippen LogP contribution in [0, 0.1) is 0 Å². The molecule has 0 aromatic carbocycles. The van der Waals surface area contributed by atoms with Gasteiger partial charge in [0.15, 0.2) is 0 Å². The quantitative estimate of drug-likeness (QED) is 0.741. The van der Waals surface area contributed by atoms with Gasteiger partial charge in [-0.25, -0.2) is 0 Å². The van der Waals surface area contributed by atoms with Gasteiger partial charge in [-0.05, 0) is 19.1 Å². The Morgan fingerprint density at radius 1 is 1.25 bits per heavy atom. The maximum Gasteiger partial charge on any atom is 0.0221 e. The van der Waals surface area contributed by atoms with Gasteiger partial charge in [-0.1, -0.05) is 26.7 Å². The van der Waals surface area contributed by atoms with Crippen molar-refractivity contribution in [3.63, 3.8) is 0 Å². The molecule has 1 heterocycles. The summed E-state index contributed by atoms with van der Waals surface area (Å²) < 4.78 is 0. The molecule has 2 atom stereocenters. The highest BCUT2D eigenvalue weighted by Crippen LogP contribution is 2.15. The summed E-state index contributed by atoms with van der Waals surface area (Å²) >= 11 is 1.97. The van der Waals surface area contributed by atoms with Crippen LogP contribution >= 0.6 is 11.8 Å². The second-order valence-corrected chi connectivity index (χ2v) is 5.81. The molecule has 0 radical (unpaired) electrons. The summed E-state index contributed by atoms with van der Waals surface area (Å²) in [6, 6.07) is 1.52. The Morgan fingerprint density at radius 3 is 2.62 bits per heavy atom. The van der Waals surface area contributed by atoms with Crippen LogP contribution in [-0.4, -0.2) is 48.6 Å². The van der Waals surface area contributed by atoms with Gasteiger partial charge in [0, 0.05) is 37.5 Å². The molecule has 1 aliphatic rings. The number of nitrogens with one attached hydrogen (secondary N) is 1. The zero-order valence-corrected chi connectivity index (χ0v) is 12.0. The van der Waals surface area contributed by atoms with Gasteiger partial charge in [0.1, 0.15) is 0 Å². The Kier molecular flexibility index (Phi) is 7.50. The molecule has 2 unspecified atom stereocenters. The molecule has 96 valence electrons. The van der Waals surface area contributed by atoms with Gasteiger partial charge in [0.05, 0.1) is 0 Å². The third-order valence-electron chi connectivity index (χ3n) is 3.46. The molecule has 0 aromatic rings. The Bertz CT molecular complexity index is 175. The van der Waals surface area contributed by atoms with Crippen LogP contribution < -0.4 is 5.32 Å². The first-order valence-corrected chi connectivity index (χ1v) is 8.17. The molecule has 0 amide bonds. The van der Waals surface area contributed by atoms with Crippen molar-refractivity contribution >= 4 is 11.8 Å². The molecular formula is C13H28N2S. The summed E-state index contributed by atoms with van der Waals surface area (Å²) in [5.74, 6) is 1.28. The van der Waals surface area contributed by atoms with Crippen LogP contribution in [0.3, 0.4) is 0 Å². The SMILES string of the molecule is CCCC1CN(CCSC)C(CCC)CN1. The van der Waals surface area contributed by atoms with E-state index in [-0.39, 0.29) is 0 Å². The zero-order chi connectivity index (χ0) is 11.8. The first kappa shape index (κ1) is 14.3. The van der Waals surface area contributed by atoms with Crippen LogP contribution in [-0.2, 0) is 0 Å². The summed E-state index contributed by atoms with van der Waals surface area (Å²) in [4.78, 5) is 2.72. The van der Waals surface area contributed by atoms with Gasteiger partial charge < -0.3 is 5.32 Å². The Balaban J connectivity index is 2.40. The molecule has 1 N–H and O–H groups in total. The van der Waals surface area contributed by atoms with E-state index in [0.717, 1.165) is 12.1 Å². The third kappa shape index (κ3) is 4.64. The third-order valence-corrected chi connectivity index (χ3v) is 4.05. The highest BCUT2D eigenvalue weighted by Gasteiger charge is 2.25. The average Bonchev–Trinajstić information content (AvgIpc) is 2.30. The lowest BCUT2D eigenvalue weighted by Gasteiger charge is -2.40. The fourth-order valence-electron chi connectivity index (χ4n) is 2.57. The van der Waals surface area contributed by atoms with Crippen molar-refractivity contribution in [3.8, 4) is 0 Å². The van der Waals surface area contributed by atoms with Crippen molar-refractivity contribution < 1.29 is 0 Å². The number of thioether (sulfide) groups is 1. The summed E-state index contributed by atoms with van der Waals surface area (Å²) in [7, 11) is 0. The van der Waals surface area contributed by atoms with E-state index < -0.39 is 0 Å². The molecule has 0 aliphatic carbocycles. The van der Waals surface area contributed by atoms with Crippen LogP contribution in [0.2, 0.25) is 0 Å². The maximum atomic E-state index is 3.71. The lowest BCUT2D eigenvalue weighted by Crippen LogP contribution is -2.56. The van der Waals surface area contributed by atoms with E-state index >= 15 is 0 Å².